The molecule has 0 saturated heterocycles. The van der Waals surface area contributed by atoms with Crippen LogP contribution in [0.3, 0.4) is 0 Å². The molecule has 0 unspecified atom stereocenters. The zero-order valence-electron chi connectivity index (χ0n) is 10.9. The number of benzene rings is 2. The molecule has 2 aromatic rings. The third kappa shape index (κ3) is 3.85. The molecule has 0 N–H and O–H groups in total. The van der Waals surface area contributed by atoms with E-state index in [-0.39, 0.29) is 11.3 Å². The molecular formula is C15H10BrF3O2. The van der Waals surface area contributed by atoms with Gasteiger partial charge in [0.05, 0.1) is 0 Å². The van der Waals surface area contributed by atoms with Gasteiger partial charge in [-0.15, -0.1) is 13.2 Å². The fourth-order valence-corrected chi connectivity index (χ4v) is 2.21. The maximum Gasteiger partial charge on any atom is 0.573 e. The second-order valence-electron chi connectivity index (χ2n) is 4.32. The number of carbonyl (C=O) groups is 1. The Hall–Kier alpha value is -1.82. The van der Waals surface area contributed by atoms with Gasteiger partial charge in [-0.3, -0.25) is 4.79 Å². The lowest BCUT2D eigenvalue weighted by Crippen LogP contribution is -2.17. The van der Waals surface area contributed by atoms with Crippen LogP contribution in [-0.4, -0.2) is 12.1 Å². The monoisotopic (exact) mass is 358 g/mol. The van der Waals surface area contributed by atoms with Gasteiger partial charge >= 0.3 is 6.36 Å². The maximum atomic E-state index is 12.4. The summed E-state index contributed by atoms with van der Waals surface area (Å²) >= 11 is 3.32. The first-order chi connectivity index (χ1) is 9.78. The van der Waals surface area contributed by atoms with Gasteiger partial charge in [0.15, 0.2) is 5.78 Å². The molecule has 0 amide bonds. The van der Waals surface area contributed by atoms with Crippen LogP contribution in [0.15, 0.2) is 46.9 Å². The first-order valence-electron chi connectivity index (χ1n) is 5.93. The minimum atomic E-state index is -4.78. The fraction of sp³-hybridized carbons (Fsp3) is 0.133. The van der Waals surface area contributed by atoms with E-state index in [0.717, 1.165) is 22.2 Å². The molecule has 0 aliphatic heterocycles. The summed E-state index contributed by atoms with van der Waals surface area (Å²) in [7, 11) is 0. The summed E-state index contributed by atoms with van der Waals surface area (Å²) in [4.78, 5) is 12.4. The first kappa shape index (κ1) is 15.6. The number of carbonyl (C=O) groups excluding carboxylic acids is 1. The van der Waals surface area contributed by atoms with Gasteiger partial charge in [-0.2, -0.15) is 0 Å². The minimum absolute atomic E-state index is 0.137. The van der Waals surface area contributed by atoms with E-state index in [1.165, 1.54) is 12.1 Å². The number of rotatable bonds is 3. The first-order valence-corrected chi connectivity index (χ1v) is 6.73. The van der Waals surface area contributed by atoms with E-state index >= 15 is 0 Å². The predicted molar refractivity (Wildman–Crippen MR) is 75.4 cm³/mol. The van der Waals surface area contributed by atoms with E-state index in [9.17, 15) is 18.0 Å². The van der Waals surface area contributed by atoms with Crippen molar-refractivity contribution in [3.8, 4) is 5.75 Å². The van der Waals surface area contributed by atoms with E-state index in [0.29, 0.717) is 5.56 Å². The highest BCUT2D eigenvalue weighted by Crippen LogP contribution is 2.26. The predicted octanol–water partition coefficient (Wildman–Crippen LogP) is 4.89. The number of halogens is 4. The summed E-state index contributed by atoms with van der Waals surface area (Å²) in [6.07, 6.45) is -4.78. The second-order valence-corrected chi connectivity index (χ2v) is 5.17. The van der Waals surface area contributed by atoms with Crippen LogP contribution in [0.5, 0.6) is 5.75 Å². The van der Waals surface area contributed by atoms with E-state index in [4.69, 9.17) is 0 Å². The van der Waals surface area contributed by atoms with Crippen LogP contribution in [0.25, 0.3) is 0 Å². The Morgan fingerprint density at radius 2 is 1.81 bits per heavy atom. The summed E-state index contributed by atoms with van der Waals surface area (Å²) in [6, 6.07) is 10.1. The third-order valence-electron chi connectivity index (χ3n) is 2.84. The van der Waals surface area contributed by atoms with Crippen LogP contribution in [0, 0.1) is 6.92 Å². The van der Waals surface area contributed by atoms with Gasteiger partial charge < -0.3 is 4.74 Å². The van der Waals surface area contributed by atoms with E-state index in [1.807, 2.05) is 0 Å². The van der Waals surface area contributed by atoms with E-state index in [1.54, 1.807) is 25.1 Å². The van der Waals surface area contributed by atoms with Crippen molar-refractivity contribution in [3.05, 3.63) is 63.6 Å². The Morgan fingerprint density at radius 1 is 1.14 bits per heavy atom. The lowest BCUT2D eigenvalue weighted by molar-refractivity contribution is -0.274. The summed E-state index contributed by atoms with van der Waals surface area (Å²) in [5.41, 5.74) is 1.29. The maximum absolute atomic E-state index is 12.4. The number of hydrogen-bond donors (Lipinski definition) is 0. The molecular weight excluding hydrogens is 349 g/mol. The molecule has 0 aliphatic rings. The van der Waals surface area contributed by atoms with Crippen molar-refractivity contribution in [1.82, 2.24) is 0 Å². The van der Waals surface area contributed by atoms with Crippen molar-refractivity contribution in [2.75, 3.05) is 0 Å². The van der Waals surface area contributed by atoms with Gasteiger partial charge in [-0.05, 0) is 30.7 Å². The number of alkyl halides is 3. The molecule has 0 atom stereocenters. The second kappa shape index (κ2) is 5.89. The molecule has 0 radical (unpaired) electrons. The number of hydrogen-bond acceptors (Lipinski definition) is 2. The molecule has 0 spiro atoms. The standard InChI is InChI=1S/C15H10BrF3O2/c1-9-12(6-3-7-13(9)16)14(20)10-4-2-5-11(8-10)21-15(17,18)19/h2-8H,1H3. The topological polar surface area (TPSA) is 26.3 Å². The summed E-state index contributed by atoms with van der Waals surface area (Å²) in [6.45, 7) is 1.76. The quantitative estimate of drug-likeness (QED) is 0.730. The highest BCUT2D eigenvalue weighted by atomic mass is 79.9. The number of ether oxygens (including phenoxy) is 1. The van der Waals surface area contributed by atoms with E-state index in [2.05, 4.69) is 20.7 Å². The summed E-state index contributed by atoms with van der Waals surface area (Å²) < 4.78 is 41.2. The van der Waals surface area contributed by atoms with Crippen LogP contribution in [0.2, 0.25) is 0 Å². The van der Waals surface area contributed by atoms with E-state index < -0.39 is 12.1 Å². The van der Waals surface area contributed by atoms with Crippen LogP contribution in [-0.2, 0) is 0 Å². The Balaban J connectivity index is 2.36. The molecule has 0 heterocycles. The molecule has 0 aliphatic carbocycles. The lowest BCUT2D eigenvalue weighted by Gasteiger charge is -2.10. The molecule has 6 heteroatoms. The van der Waals surface area contributed by atoms with Crippen LogP contribution in [0.4, 0.5) is 13.2 Å². The van der Waals surface area contributed by atoms with Gasteiger partial charge in [0.2, 0.25) is 0 Å². The van der Waals surface area contributed by atoms with Crippen LogP contribution < -0.4 is 4.74 Å². The molecule has 0 bridgehead atoms. The molecule has 2 aromatic carbocycles. The third-order valence-corrected chi connectivity index (χ3v) is 3.70. The van der Waals surface area contributed by atoms with Crippen LogP contribution in [0.1, 0.15) is 21.5 Å². The molecule has 0 saturated carbocycles. The number of ketones is 1. The average Bonchev–Trinajstić information content (AvgIpc) is 2.39. The Kier molecular flexibility index (Phi) is 4.37. The Morgan fingerprint density at radius 3 is 2.48 bits per heavy atom. The van der Waals surface area contributed by atoms with Gasteiger partial charge in [0, 0.05) is 15.6 Å². The Labute approximate surface area is 127 Å². The largest absolute Gasteiger partial charge is 0.573 e. The van der Waals surface area contributed by atoms with Crippen molar-refractivity contribution in [2.24, 2.45) is 0 Å². The molecule has 110 valence electrons. The molecule has 21 heavy (non-hydrogen) atoms. The average molecular weight is 359 g/mol. The highest BCUT2D eigenvalue weighted by molar-refractivity contribution is 9.10. The zero-order valence-corrected chi connectivity index (χ0v) is 12.5. The molecule has 2 rings (SSSR count). The normalized spacial score (nSPS) is 11.3. The van der Waals surface area contributed by atoms with Gasteiger partial charge in [-0.25, -0.2) is 0 Å². The molecule has 0 aromatic heterocycles. The zero-order chi connectivity index (χ0) is 15.6. The van der Waals surface area contributed by atoms with Crippen molar-refractivity contribution in [1.29, 1.82) is 0 Å². The highest BCUT2D eigenvalue weighted by Gasteiger charge is 2.31. The van der Waals surface area contributed by atoms with Crippen molar-refractivity contribution in [3.63, 3.8) is 0 Å². The SMILES string of the molecule is Cc1c(Br)cccc1C(=O)c1cccc(OC(F)(F)F)c1. The van der Waals surface area contributed by atoms with Gasteiger partial charge in [0.1, 0.15) is 5.75 Å². The summed E-state index contributed by atoms with van der Waals surface area (Å²) in [5, 5.41) is 0. The smallest absolute Gasteiger partial charge is 0.406 e. The van der Waals surface area contributed by atoms with Crippen molar-refractivity contribution >= 4 is 21.7 Å². The van der Waals surface area contributed by atoms with Crippen molar-refractivity contribution in [2.45, 2.75) is 13.3 Å². The van der Waals surface area contributed by atoms with Crippen LogP contribution >= 0.6 is 15.9 Å². The molecule has 0 fully saturated rings. The Bertz CT molecular complexity index is 681. The van der Waals surface area contributed by atoms with Crippen molar-refractivity contribution < 1.29 is 22.7 Å². The fourth-order valence-electron chi connectivity index (χ4n) is 1.84. The van der Waals surface area contributed by atoms with Gasteiger partial charge in [0.25, 0.3) is 0 Å². The lowest BCUT2D eigenvalue weighted by atomic mass is 9.99. The minimum Gasteiger partial charge on any atom is -0.406 e. The molecule has 2 nitrogen and oxygen atoms in total. The summed E-state index contributed by atoms with van der Waals surface area (Å²) in [5.74, 6) is -0.776. The van der Waals surface area contributed by atoms with Gasteiger partial charge in [-0.1, -0.05) is 40.2 Å².